The van der Waals surface area contributed by atoms with Gasteiger partial charge < -0.3 is 36.0 Å². The molecule has 0 fully saturated rings. The second kappa shape index (κ2) is 14.3. The zero-order valence-corrected chi connectivity index (χ0v) is 26.9. The smallest absolute Gasteiger partial charge is 0.345 e. The molecule has 49 heavy (non-hydrogen) atoms. The molecule has 2 atom stereocenters. The molecule has 248 valence electrons. The van der Waals surface area contributed by atoms with Crippen molar-refractivity contribution in [1.82, 2.24) is 15.6 Å². The summed E-state index contributed by atoms with van der Waals surface area (Å²) in [4.78, 5) is 41.1. The minimum absolute atomic E-state index is 0.0695. The highest BCUT2D eigenvalue weighted by atomic mass is 32.1. The molecule has 0 aliphatic carbocycles. The molecule has 0 spiro atoms. The third kappa shape index (κ3) is 7.15. The number of aliphatic hydroxyl groups is 2. The Labute approximate surface area is 285 Å². The van der Waals surface area contributed by atoms with Gasteiger partial charge in [-0.25, -0.2) is 4.79 Å². The van der Waals surface area contributed by atoms with Gasteiger partial charge in [-0.15, -0.1) is 11.3 Å². The second-order valence-corrected chi connectivity index (χ2v) is 12.7. The normalized spacial score (nSPS) is 13.1. The number of hydrogen-bond donors (Lipinski definition) is 7. The fraction of sp³-hybridized carbons (Fsp3) is 0.132. The maximum Gasteiger partial charge on any atom is 0.345 e. The number of rotatable bonds is 12. The minimum Gasteiger partial charge on any atom is -0.506 e. The average Bonchev–Trinajstić information content (AvgIpc) is 3.60. The van der Waals surface area contributed by atoms with Crippen LogP contribution in [0.2, 0.25) is 0 Å². The standard InChI is InChI=1S/C38H33N3O7S/c42-31-16-14-29(30-15-18-34(44)41-35(30)31)32(43)22-39-20-23-9-11-24(12-10-23)36(45)40-21-28-13-17-33(49-28)25-5-4-8-27(19-25)38(48,37(46)47)26-6-2-1-3-7-26/h1-19,32,39,42-43,48H,20-22H2,(H,40,45)(H,41,44)(H,46,47)/t32-,38-/m0/s1. The van der Waals surface area contributed by atoms with Gasteiger partial charge in [0.2, 0.25) is 11.2 Å². The first-order chi connectivity index (χ1) is 23.6. The van der Waals surface area contributed by atoms with E-state index < -0.39 is 17.7 Å². The number of aromatic amines is 1. The molecular formula is C38H33N3O7S. The number of nitrogens with one attached hydrogen (secondary N) is 3. The maximum absolute atomic E-state index is 12.9. The fourth-order valence-electron chi connectivity index (χ4n) is 5.67. The third-order valence-electron chi connectivity index (χ3n) is 8.30. The Balaban J connectivity index is 1.03. The number of fused-ring (bicyclic) bond motifs is 1. The second-order valence-electron chi connectivity index (χ2n) is 11.5. The van der Waals surface area contributed by atoms with Crippen molar-refractivity contribution < 1.29 is 30.0 Å². The molecule has 0 aliphatic rings. The number of H-pyrrole nitrogens is 1. The summed E-state index contributed by atoms with van der Waals surface area (Å²) in [5, 5.41) is 48.8. The summed E-state index contributed by atoms with van der Waals surface area (Å²) in [7, 11) is 0. The molecule has 1 amide bonds. The van der Waals surface area contributed by atoms with E-state index in [1.54, 1.807) is 72.8 Å². The molecule has 0 aliphatic heterocycles. The van der Waals surface area contributed by atoms with E-state index in [4.69, 9.17) is 0 Å². The fourth-order valence-corrected chi connectivity index (χ4v) is 6.62. The molecule has 6 aromatic rings. The number of aromatic hydroxyl groups is 1. The van der Waals surface area contributed by atoms with Crippen LogP contribution in [-0.4, -0.2) is 43.8 Å². The Morgan fingerprint density at radius 1 is 0.837 bits per heavy atom. The molecule has 0 radical (unpaired) electrons. The van der Waals surface area contributed by atoms with Crippen molar-refractivity contribution in [3.8, 4) is 16.2 Å². The molecule has 7 N–H and O–H groups in total. The number of phenolic OH excluding ortho intramolecular Hbond substituents is 1. The summed E-state index contributed by atoms with van der Waals surface area (Å²) in [5.41, 5.74) is 0.959. The molecule has 0 unspecified atom stereocenters. The van der Waals surface area contributed by atoms with Gasteiger partial charge in [-0.05, 0) is 64.7 Å². The number of amides is 1. The Hall–Kier alpha value is -5.59. The van der Waals surface area contributed by atoms with E-state index in [0.717, 1.165) is 20.9 Å². The van der Waals surface area contributed by atoms with Gasteiger partial charge in [0.05, 0.1) is 18.2 Å². The monoisotopic (exact) mass is 675 g/mol. The van der Waals surface area contributed by atoms with Crippen molar-refractivity contribution in [3.05, 3.63) is 158 Å². The number of aliphatic carboxylic acids is 1. The van der Waals surface area contributed by atoms with Gasteiger partial charge in [0.15, 0.2) is 0 Å². The van der Waals surface area contributed by atoms with Crippen molar-refractivity contribution in [2.45, 2.75) is 24.8 Å². The molecule has 6 rings (SSSR count). The van der Waals surface area contributed by atoms with Crippen LogP contribution >= 0.6 is 11.3 Å². The van der Waals surface area contributed by atoms with Gasteiger partial charge in [-0.1, -0.05) is 66.7 Å². The number of hydrogen-bond acceptors (Lipinski definition) is 8. The molecule has 0 saturated heterocycles. The average molecular weight is 676 g/mol. The number of carbonyl (C=O) groups is 2. The minimum atomic E-state index is -2.20. The highest BCUT2D eigenvalue weighted by Gasteiger charge is 2.40. The number of carbonyl (C=O) groups excluding carboxylic acids is 1. The first-order valence-corrected chi connectivity index (χ1v) is 16.3. The largest absolute Gasteiger partial charge is 0.506 e. The Bertz CT molecular complexity index is 2180. The van der Waals surface area contributed by atoms with Crippen molar-refractivity contribution >= 4 is 34.1 Å². The van der Waals surface area contributed by atoms with Gasteiger partial charge in [0.1, 0.15) is 5.75 Å². The van der Waals surface area contributed by atoms with E-state index >= 15 is 0 Å². The van der Waals surface area contributed by atoms with Crippen molar-refractivity contribution in [1.29, 1.82) is 0 Å². The van der Waals surface area contributed by atoms with Crippen LogP contribution in [0.15, 0.2) is 120 Å². The van der Waals surface area contributed by atoms with Crippen LogP contribution in [0.25, 0.3) is 21.3 Å². The summed E-state index contributed by atoms with van der Waals surface area (Å²) < 4.78 is 0. The Kier molecular flexibility index (Phi) is 9.70. The predicted molar refractivity (Wildman–Crippen MR) is 187 cm³/mol. The van der Waals surface area contributed by atoms with E-state index in [1.807, 2.05) is 30.3 Å². The lowest BCUT2D eigenvalue weighted by Crippen LogP contribution is -2.36. The summed E-state index contributed by atoms with van der Waals surface area (Å²) in [5.74, 6) is -1.67. The van der Waals surface area contributed by atoms with E-state index in [9.17, 15) is 34.8 Å². The van der Waals surface area contributed by atoms with Crippen LogP contribution in [0, 0.1) is 0 Å². The van der Waals surface area contributed by atoms with Crippen LogP contribution in [-0.2, 0) is 23.5 Å². The number of thiophene rings is 1. The number of benzene rings is 4. The third-order valence-corrected chi connectivity index (χ3v) is 9.43. The van der Waals surface area contributed by atoms with Gasteiger partial charge in [0.25, 0.3) is 5.91 Å². The zero-order chi connectivity index (χ0) is 34.5. The highest BCUT2D eigenvalue weighted by Crippen LogP contribution is 2.35. The van der Waals surface area contributed by atoms with Crippen LogP contribution in [0.1, 0.15) is 43.6 Å². The number of aromatic nitrogens is 1. The van der Waals surface area contributed by atoms with Crippen molar-refractivity contribution in [2.24, 2.45) is 0 Å². The molecule has 11 heteroatoms. The molecule has 2 aromatic heterocycles. The van der Waals surface area contributed by atoms with E-state index in [0.29, 0.717) is 29.6 Å². The summed E-state index contributed by atoms with van der Waals surface area (Å²) >= 11 is 1.46. The number of aliphatic hydroxyl groups excluding tert-OH is 1. The molecular weight excluding hydrogens is 642 g/mol. The van der Waals surface area contributed by atoms with Gasteiger partial charge in [0, 0.05) is 45.4 Å². The number of phenols is 1. The van der Waals surface area contributed by atoms with Gasteiger partial charge >= 0.3 is 5.97 Å². The number of carboxylic acids is 1. The predicted octanol–water partition coefficient (Wildman–Crippen LogP) is 5.04. The number of carboxylic acid groups (broad SMARTS) is 1. The van der Waals surface area contributed by atoms with E-state index in [1.165, 1.54) is 23.5 Å². The molecule has 0 bridgehead atoms. The molecule has 2 heterocycles. The lowest BCUT2D eigenvalue weighted by molar-refractivity contribution is -0.155. The van der Waals surface area contributed by atoms with Crippen LogP contribution in [0.4, 0.5) is 0 Å². The highest BCUT2D eigenvalue weighted by molar-refractivity contribution is 7.15. The van der Waals surface area contributed by atoms with E-state index in [2.05, 4.69) is 15.6 Å². The van der Waals surface area contributed by atoms with Gasteiger partial charge in [-0.2, -0.15) is 0 Å². The van der Waals surface area contributed by atoms with Crippen LogP contribution in [0.5, 0.6) is 5.75 Å². The van der Waals surface area contributed by atoms with E-state index in [-0.39, 0.29) is 40.4 Å². The summed E-state index contributed by atoms with van der Waals surface area (Å²) in [6, 6.07) is 32.0. The molecule has 4 aromatic carbocycles. The zero-order valence-electron chi connectivity index (χ0n) is 26.1. The lowest BCUT2D eigenvalue weighted by Gasteiger charge is -2.25. The Morgan fingerprint density at radius 2 is 1.59 bits per heavy atom. The quantitative estimate of drug-likeness (QED) is 0.0946. The first kappa shape index (κ1) is 33.3. The van der Waals surface area contributed by atoms with Crippen LogP contribution < -0.4 is 16.2 Å². The molecule has 10 nitrogen and oxygen atoms in total. The first-order valence-electron chi connectivity index (χ1n) is 15.4. The maximum atomic E-state index is 12.9. The Morgan fingerprint density at radius 3 is 2.35 bits per heavy atom. The summed E-state index contributed by atoms with van der Waals surface area (Å²) in [6.07, 6.45) is -0.886. The summed E-state index contributed by atoms with van der Waals surface area (Å²) in [6.45, 7) is 0.968. The lowest BCUT2D eigenvalue weighted by atomic mass is 9.85. The van der Waals surface area contributed by atoms with Crippen LogP contribution in [0.3, 0.4) is 0 Å². The SMILES string of the molecule is O=C(NCc1ccc(-c2cccc([C@](O)(C(=O)O)c3ccccc3)c2)s1)c1ccc(CNC[C@H](O)c2ccc(O)c3[nH]c(=O)ccc23)cc1. The van der Waals surface area contributed by atoms with Crippen molar-refractivity contribution in [3.63, 3.8) is 0 Å². The van der Waals surface area contributed by atoms with Gasteiger partial charge in [-0.3, -0.25) is 9.59 Å². The topological polar surface area (TPSA) is 172 Å². The number of pyridine rings is 1. The molecule has 0 saturated carbocycles. The van der Waals surface area contributed by atoms with Crippen molar-refractivity contribution in [2.75, 3.05) is 6.54 Å².